The largest absolute Gasteiger partial charge is 0.355 e. The smallest absolute Gasteiger partial charge is 0.350 e. The zero-order valence-corrected chi connectivity index (χ0v) is 18.9. The lowest BCUT2D eigenvalue weighted by atomic mass is 9.80. The Morgan fingerprint density at radius 2 is 2.16 bits per heavy atom. The number of benzene rings is 1. The van der Waals surface area contributed by atoms with E-state index in [0.717, 1.165) is 64.0 Å². The van der Waals surface area contributed by atoms with Crippen molar-refractivity contribution >= 4 is 17.6 Å². The Morgan fingerprint density at radius 3 is 2.87 bits per heavy atom. The molecule has 3 heterocycles. The summed E-state index contributed by atoms with van der Waals surface area (Å²) in [5.41, 5.74) is 0.0699. The Labute approximate surface area is 185 Å². The second-order valence-electron chi connectivity index (χ2n) is 9.04. The van der Waals surface area contributed by atoms with Crippen molar-refractivity contribution < 1.29 is 9.18 Å². The third-order valence-corrected chi connectivity index (χ3v) is 7.10. The fraction of sp³-hybridized carbons (Fsp3) is 0.600. The van der Waals surface area contributed by atoms with E-state index in [0.29, 0.717) is 11.7 Å². The highest BCUT2D eigenvalue weighted by molar-refractivity contribution is 6.16. The molecule has 0 radical (unpaired) electrons. The van der Waals surface area contributed by atoms with E-state index in [1.807, 2.05) is 13.0 Å². The average molecular weight is 425 g/mol. The van der Waals surface area contributed by atoms with Crippen LogP contribution >= 0.6 is 0 Å². The summed E-state index contributed by atoms with van der Waals surface area (Å²) >= 11 is 0. The number of rotatable bonds is 4. The molecule has 3 atom stereocenters. The summed E-state index contributed by atoms with van der Waals surface area (Å²) in [6, 6.07) is 6.80. The zero-order chi connectivity index (χ0) is 22.0. The Hall–Kier alpha value is -2.39. The number of hydrogen-bond acceptors (Lipinski definition) is 3. The van der Waals surface area contributed by atoms with Crippen molar-refractivity contribution in [3.05, 3.63) is 30.1 Å². The van der Waals surface area contributed by atoms with Gasteiger partial charge < -0.3 is 4.90 Å². The van der Waals surface area contributed by atoms with E-state index in [1.54, 1.807) is 11.0 Å². The SMILES string of the molecule is CC#CCN1CCC2(CC1C)C(N1CCCC1CCC)=NC(=O)N2c1cccc(F)c1. The Morgan fingerprint density at radius 1 is 1.32 bits per heavy atom. The summed E-state index contributed by atoms with van der Waals surface area (Å²) < 4.78 is 14.1. The molecule has 1 spiro atoms. The molecule has 0 saturated carbocycles. The molecule has 4 rings (SSSR count). The van der Waals surface area contributed by atoms with E-state index in [-0.39, 0.29) is 17.9 Å². The van der Waals surface area contributed by atoms with Crippen LogP contribution in [0.2, 0.25) is 0 Å². The number of carbonyl (C=O) groups is 1. The highest BCUT2D eigenvalue weighted by Crippen LogP contribution is 2.43. The first-order valence-corrected chi connectivity index (χ1v) is 11.6. The van der Waals surface area contributed by atoms with Crippen LogP contribution in [0.3, 0.4) is 0 Å². The molecule has 3 unspecified atom stereocenters. The minimum atomic E-state index is -0.531. The Bertz CT molecular complexity index is 920. The van der Waals surface area contributed by atoms with E-state index in [2.05, 4.69) is 40.5 Å². The molecular weight excluding hydrogens is 391 g/mol. The number of carbonyl (C=O) groups excluding carboxylic acids is 1. The van der Waals surface area contributed by atoms with Gasteiger partial charge in [0, 0.05) is 30.9 Å². The lowest BCUT2D eigenvalue weighted by molar-refractivity contribution is 0.140. The van der Waals surface area contributed by atoms with Gasteiger partial charge in [-0.1, -0.05) is 25.3 Å². The summed E-state index contributed by atoms with van der Waals surface area (Å²) in [4.78, 5) is 24.5. The zero-order valence-electron chi connectivity index (χ0n) is 18.9. The molecule has 1 aromatic rings. The van der Waals surface area contributed by atoms with Gasteiger partial charge in [0.15, 0.2) is 0 Å². The molecule has 31 heavy (non-hydrogen) atoms. The van der Waals surface area contributed by atoms with Gasteiger partial charge >= 0.3 is 6.03 Å². The second-order valence-corrected chi connectivity index (χ2v) is 9.04. The summed E-state index contributed by atoms with van der Waals surface area (Å²) in [7, 11) is 0. The number of anilines is 1. The summed E-state index contributed by atoms with van der Waals surface area (Å²) in [6.45, 7) is 8.78. The third kappa shape index (κ3) is 3.96. The predicted octanol–water partition coefficient (Wildman–Crippen LogP) is 4.68. The van der Waals surface area contributed by atoms with Crippen LogP contribution in [0, 0.1) is 17.7 Å². The quantitative estimate of drug-likeness (QED) is 0.659. The van der Waals surface area contributed by atoms with Crippen molar-refractivity contribution in [3.8, 4) is 11.8 Å². The van der Waals surface area contributed by atoms with Gasteiger partial charge in [-0.2, -0.15) is 4.99 Å². The molecule has 5 nitrogen and oxygen atoms in total. The number of halogens is 1. The van der Waals surface area contributed by atoms with Gasteiger partial charge in [0.25, 0.3) is 0 Å². The lowest BCUT2D eigenvalue weighted by Gasteiger charge is -2.49. The average Bonchev–Trinajstić information content (AvgIpc) is 3.30. The van der Waals surface area contributed by atoms with Crippen LogP contribution in [0.25, 0.3) is 0 Å². The molecule has 2 amide bonds. The number of amidine groups is 1. The molecule has 0 N–H and O–H groups in total. The maximum Gasteiger partial charge on any atom is 0.350 e. The molecule has 0 bridgehead atoms. The van der Waals surface area contributed by atoms with Crippen molar-refractivity contribution in [1.82, 2.24) is 9.80 Å². The van der Waals surface area contributed by atoms with E-state index in [1.165, 1.54) is 12.1 Å². The highest BCUT2D eigenvalue weighted by atomic mass is 19.1. The molecule has 0 aromatic heterocycles. The fourth-order valence-corrected chi connectivity index (χ4v) is 5.67. The van der Waals surface area contributed by atoms with E-state index in [4.69, 9.17) is 0 Å². The topological polar surface area (TPSA) is 39.1 Å². The molecule has 3 aliphatic heterocycles. The Balaban J connectivity index is 1.73. The first-order chi connectivity index (χ1) is 15.0. The number of urea groups is 1. The number of piperidine rings is 1. The van der Waals surface area contributed by atoms with E-state index >= 15 is 0 Å². The normalized spacial score (nSPS) is 28.8. The van der Waals surface area contributed by atoms with Crippen LogP contribution in [0.4, 0.5) is 14.9 Å². The molecule has 0 aliphatic carbocycles. The predicted molar refractivity (Wildman–Crippen MR) is 123 cm³/mol. The number of amides is 2. The minimum Gasteiger partial charge on any atom is -0.355 e. The summed E-state index contributed by atoms with van der Waals surface area (Å²) in [6.07, 6.45) is 6.04. The van der Waals surface area contributed by atoms with Crippen LogP contribution in [0.1, 0.15) is 59.3 Å². The molecule has 3 aliphatic rings. The molecular formula is C25H33FN4O. The van der Waals surface area contributed by atoms with Gasteiger partial charge in [-0.25, -0.2) is 9.18 Å². The van der Waals surface area contributed by atoms with Crippen LogP contribution in [0.15, 0.2) is 29.3 Å². The third-order valence-electron chi connectivity index (χ3n) is 7.10. The van der Waals surface area contributed by atoms with Crippen LogP contribution in [0.5, 0.6) is 0 Å². The highest BCUT2D eigenvalue weighted by Gasteiger charge is 2.56. The molecule has 2 saturated heterocycles. The first-order valence-electron chi connectivity index (χ1n) is 11.6. The number of likely N-dealkylation sites (tertiary alicyclic amines) is 2. The van der Waals surface area contributed by atoms with Crippen LogP contribution in [-0.2, 0) is 0 Å². The van der Waals surface area contributed by atoms with Crippen molar-refractivity contribution in [2.24, 2.45) is 4.99 Å². The van der Waals surface area contributed by atoms with Gasteiger partial charge in [-0.3, -0.25) is 9.80 Å². The van der Waals surface area contributed by atoms with E-state index < -0.39 is 5.54 Å². The van der Waals surface area contributed by atoms with Crippen molar-refractivity contribution in [3.63, 3.8) is 0 Å². The number of nitrogens with zero attached hydrogens (tertiary/aromatic N) is 4. The molecule has 6 heteroatoms. The van der Waals surface area contributed by atoms with Crippen molar-refractivity contribution in [1.29, 1.82) is 0 Å². The van der Waals surface area contributed by atoms with Gasteiger partial charge in [0.2, 0.25) is 0 Å². The summed E-state index contributed by atoms with van der Waals surface area (Å²) in [5, 5.41) is 0. The standard InChI is InChI=1S/C25H33FN4O/c1-4-6-14-28-16-13-25(18-19(28)3)23(29-15-8-12-21(29)9-5-2)27-24(31)30(25)22-11-7-10-20(26)17-22/h7,10-11,17,19,21H,5,8-9,12-16,18H2,1-3H3. The maximum atomic E-state index is 14.1. The lowest BCUT2D eigenvalue weighted by Crippen LogP contribution is -2.64. The van der Waals surface area contributed by atoms with Gasteiger partial charge in [-0.05, 0) is 64.2 Å². The Kier molecular flexibility index (Phi) is 6.34. The van der Waals surface area contributed by atoms with Crippen molar-refractivity contribution in [2.75, 3.05) is 24.5 Å². The summed E-state index contributed by atoms with van der Waals surface area (Å²) in [5.74, 6) is 6.75. The van der Waals surface area contributed by atoms with Gasteiger partial charge in [-0.15, -0.1) is 5.92 Å². The fourth-order valence-electron chi connectivity index (χ4n) is 5.67. The van der Waals surface area contributed by atoms with Crippen LogP contribution in [-0.4, -0.2) is 58.9 Å². The second kappa shape index (κ2) is 9.00. The molecule has 2 fully saturated rings. The monoisotopic (exact) mass is 424 g/mol. The maximum absolute atomic E-state index is 14.1. The number of aliphatic imine (C=N–C) groups is 1. The molecule has 1 aromatic carbocycles. The van der Waals surface area contributed by atoms with Gasteiger partial charge in [0.1, 0.15) is 17.2 Å². The van der Waals surface area contributed by atoms with E-state index in [9.17, 15) is 9.18 Å². The first kappa shape index (κ1) is 21.8. The van der Waals surface area contributed by atoms with Gasteiger partial charge in [0.05, 0.1) is 6.54 Å². The minimum absolute atomic E-state index is 0.244. The molecule has 166 valence electrons. The van der Waals surface area contributed by atoms with Crippen LogP contribution < -0.4 is 4.90 Å². The number of hydrogen-bond donors (Lipinski definition) is 0. The van der Waals surface area contributed by atoms with Crippen molar-refractivity contribution in [2.45, 2.75) is 76.9 Å².